The quantitative estimate of drug-likeness (QED) is 0.456. The summed E-state index contributed by atoms with van der Waals surface area (Å²) in [5.41, 5.74) is 0.833. The molecular weight excluding hydrogens is 232 g/mol. The van der Waals surface area contributed by atoms with E-state index in [0.717, 1.165) is 5.56 Å². The van der Waals surface area contributed by atoms with Gasteiger partial charge in [0.2, 0.25) is 0 Å². The molecule has 0 aliphatic rings. The molecule has 1 rings (SSSR count). The van der Waals surface area contributed by atoms with Gasteiger partial charge in [0.1, 0.15) is 5.75 Å². The van der Waals surface area contributed by atoms with Crippen LogP contribution in [0.5, 0.6) is 5.75 Å². The Morgan fingerprint density at radius 3 is 2.39 bits per heavy atom. The minimum absolute atomic E-state index is 0.273. The van der Waals surface area contributed by atoms with E-state index in [9.17, 15) is 9.59 Å². The number of rotatable bonds is 5. The first-order valence-electron chi connectivity index (χ1n) is 5.81. The van der Waals surface area contributed by atoms with Crippen molar-refractivity contribution in [1.29, 1.82) is 0 Å². The van der Waals surface area contributed by atoms with E-state index in [2.05, 4.69) is 0 Å². The molecule has 0 N–H and O–H groups in total. The van der Waals surface area contributed by atoms with Gasteiger partial charge in [-0.2, -0.15) is 0 Å². The Balaban J connectivity index is 2.60. The van der Waals surface area contributed by atoms with Crippen LogP contribution in [0.2, 0.25) is 0 Å². The lowest BCUT2D eigenvalue weighted by Crippen LogP contribution is -2.05. The first-order valence-corrected chi connectivity index (χ1v) is 5.81. The normalized spacial score (nSPS) is 10.3. The molecule has 96 valence electrons. The maximum atomic E-state index is 11.1. The van der Waals surface area contributed by atoms with Gasteiger partial charge in [-0.05, 0) is 30.7 Å². The fraction of sp³-hybridized carbons (Fsp3) is 0.286. The van der Waals surface area contributed by atoms with Crippen molar-refractivity contribution in [1.82, 2.24) is 0 Å². The Kier molecular flexibility index (Phi) is 5.64. The van der Waals surface area contributed by atoms with E-state index >= 15 is 0 Å². The van der Waals surface area contributed by atoms with Crippen molar-refractivity contribution in [2.45, 2.75) is 20.3 Å². The van der Waals surface area contributed by atoms with Gasteiger partial charge in [0.25, 0.3) is 0 Å². The molecule has 18 heavy (non-hydrogen) atoms. The van der Waals surface area contributed by atoms with Crippen molar-refractivity contribution in [2.24, 2.45) is 0 Å². The predicted molar refractivity (Wildman–Crippen MR) is 68.0 cm³/mol. The van der Waals surface area contributed by atoms with Crippen LogP contribution in [-0.4, -0.2) is 18.5 Å². The molecule has 0 aliphatic heterocycles. The molecule has 0 unspecified atom stereocenters. The number of esters is 2. The summed E-state index contributed by atoms with van der Waals surface area (Å²) in [6.45, 7) is 3.84. The third kappa shape index (κ3) is 4.82. The summed E-state index contributed by atoms with van der Waals surface area (Å²) in [5, 5.41) is 0. The zero-order valence-corrected chi connectivity index (χ0v) is 10.5. The minimum Gasteiger partial charge on any atom is -0.463 e. The van der Waals surface area contributed by atoms with Crippen molar-refractivity contribution in [2.75, 3.05) is 6.61 Å². The second-order valence-corrected chi connectivity index (χ2v) is 3.48. The van der Waals surface area contributed by atoms with E-state index in [1.54, 1.807) is 44.2 Å². The lowest BCUT2D eigenvalue weighted by molar-refractivity contribution is -0.137. The average Bonchev–Trinajstić information content (AvgIpc) is 2.38. The van der Waals surface area contributed by atoms with Gasteiger partial charge in [-0.3, -0.25) is 4.79 Å². The smallest absolute Gasteiger partial charge is 0.330 e. The van der Waals surface area contributed by atoms with Gasteiger partial charge in [0, 0.05) is 12.5 Å². The summed E-state index contributed by atoms with van der Waals surface area (Å²) in [7, 11) is 0. The zero-order chi connectivity index (χ0) is 13.4. The summed E-state index contributed by atoms with van der Waals surface area (Å²) in [6.07, 6.45) is 3.34. The first-order chi connectivity index (χ1) is 8.65. The van der Waals surface area contributed by atoms with Crippen molar-refractivity contribution in [3.8, 4) is 5.75 Å². The van der Waals surface area contributed by atoms with E-state index in [0.29, 0.717) is 18.8 Å². The number of carbonyl (C=O) groups excluding carboxylic acids is 2. The third-order valence-electron chi connectivity index (χ3n) is 2.10. The molecule has 1 aromatic carbocycles. The zero-order valence-electron chi connectivity index (χ0n) is 10.5. The van der Waals surface area contributed by atoms with Crippen LogP contribution >= 0.6 is 0 Å². The highest BCUT2D eigenvalue weighted by molar-refractivity contribution is 5.87. The summed E-state index contributed by atoms with van der Waals surface area (Å²) in [6, 6.07) is 6.87. The molecule has 0 aromatic heterocycles. The average molecular weight is 248 g/mol. The summed E-state index contributed by atoms with van der Waals surface area (Å²) in [4.78, 5) is 22.1. The third-order valence-corrected chi connectivity index (χ3v) is 2.10. The molecule has 0 saturated carbocycles. The van der Waals surface area contributed by atoms with Crippen molar-refractivity contribution >= 4 is 18.0 Å². The topological polar surface area (TPSA) is 52.6 Å². The number of hydrogen-bond donors (Lipinski definition) is 0. The molecule has 0 bridgehead atoms. The van der Waals surface area contributed by atoms with Gasteiger partial charge < -0.3 is 9.47 Å². The fourth-order valence-electron chi connectivity index (χ4n) is 1.21. The molecule has 0 amide bonds. The maximum absolute atomic E-state index is 11.1. The molecule has 0 fully saturated rings. The second-order valence-electron chi connectivity index (χ2n) is 3.48. The summed E-state index contributed by atoms with van der Waals surface area (Å²) < 4.78 is 9.79. The second kappa shape index (κ2) is 7.27. The van der Waals surface area contributed by atoms with E-state index < -0.39 is 0 Å². The van der Waals surface area contributed by atoms with E-state index in [1.807, 2.05) is 0 Å². The minimum atomic E-state index is -0.376. The van der Waals surface area contributed by atoms with E-state index in [4.69, 9.17) is 9.47 Å². The van der Waals surface area contributed by atoms with Crippen LogP contribution in [0.3, 0.4) is 0 Å². The number of ether oxygens (including phenoxy) is 2. The molecular formula is C14H16O4. The number of benzene rings is 1. The van der Waals surface area contributed by atoms with Gasteiger partial charge in [-0.25, -0.2) is 4.79 Å². The highest BCUT2D eigenvalue weighted by atomic mass is 16.5. The van der Waals surface area contributed by atoms with Gasteiger partial charge in [-0.1, -0.05) is 19.1 Å². The number of hydrogen-bond acceptors (Lipinski definition) is 4. The standard InChI is InChI=1S/C14H16O4/c1-3-13(15)18-12-8-5-11(6-9-12)7-10-14(16)17-4-2/h5-10H,3-4H2,1-2H3/b10-7+. The Morgan fingerprint density at radius 2 is 1.83 bits per heavy atom. The van der Waals surface area contributed by atoms with Gasteiger partial charge in [0.05, 0.1) is 6.61 Å². The molecule has 0 spiro atoms. The predicted octanol–water partition coefficient (Wildman–Crippen LogP) is 2.58. The lowest BCUT2D eigenvalue weighted by Gasteiger charge is -2.02. The maximum Gasteiger partial charge on any atom is 0.330 e. The monoisotopic (exact) mass is 248 g/mol. The van der Waals surface area contributed by atoms with Crippen LogP contribution in [0.4, 0.5) is 0 Å². The van der Waals surface area contributed by atoms with E-state index in [1.165, 1.54) is 6.08 Å². The highest BCUT2D eigenvalue weighted by Crippen LogP contribution is 2.13. The molecule has 0 heterocycles. The fourth-order valence-corrected chi connectivity index (χ4v) is 1.21. The Labute approximate surface area is 106 Å². The highest BCUT2D eigenvalue weighted by Gasteiger charge is 2.00. The molecule has 0 radical (unpaired) electrons. The van der Waals surface area contributed by atoms with Crippen LogP contribution in [0, 0.1) is 0 Å². The molecule has 4 nitrogen and oxygen atoms in total. The van der Waals surface area contributed by atoms with Gasteiger partial charge >= 0.3 is 11.9 Å². The van der Waals surface area contributed by atoms with Crippen molar-refractivity contribution in [3.63, 3.8) is 0 Å². The van der Waals surface area contributed by atoms with Gasteiger partial charge in [0.15, 0.2) is 0 Å². The molecule has 4 heteroatoms. The molecule has 0 saturated heterocycles. The first kappa shape index (κ1) is 14.0. The van der Waals surface area contributed by atoms with Crippen LogP contribution < -0.4 is 4.74 Å². The van der Waals surface area contributed by atoms with Crippen molar-refractivity contribution < 1.29 is 19.1 Å². The largest absolute Gasteiger partial charge is 0.463 e. The lowest BCUT2D eigenvalue weighted by atomic mass is 10.2. The van der Waals surface area contributed by atoms with Gasteiger partial charge in [-0.15, -0.1) is 0 Å². The van der Waals surface area contributed by atoms with Crippen LogP contribution in [0.1, 0.15) is 25.8 Å². The van der Waals surface area contributed by atoms with Crippen molar-refractivity contribution in [3.05, 3.63) is 35.9 Å². The van der Waals surface area contributed by atoms with Crippen LogP contribution in [-0.2, 0) is 14.3 Å². The molecule has 1 aromatic rings. The SMILES string of the molecule is CCOC(=O)/C=C/c1ccc(OC(=O)CC)cc1. The Hall–Kier alpha value is -2.10. The number of carbonyl (C=O) groups is 2. The summed E-state index contributed by atoms with van der Waals surface area (Å²) >= 11 is 0. The van der Waals surface area contributed by atoms with E-state index in [-0.39, 0.29) is 11.9 Å². The Morgan fingerprint density at radius 1 is 1.17 bits per heavy atom. The molecule has 0 aliphatic carbocycles. The van der Waals surface area contributed by atoms with Crippen LogP contribution in [0.25, 0.3) is 6.08 Å². The van der Waals surface area contributed by atoms with Crippen LogP contribution in [0.15, 0.2) is 30.3 Å². The molecule has 0 atom stereocenters. The Bertz CT molecular complexity index is 432. The summed E-state index contributed by atoms with van der Waals surface area (Å²) in [5.74, 6) is -0.154.